The zero-order chi connectivity index (χ0) is 25.5. The van der Waals surface area contributed by atoms with Gasteiger partial charge in [0.15, 0.2) is 12.1 Å². The fourth-order valence-electron chi connectivity index (χ4n) is 4.01. The zero-order valence-corrected chi connectivity index (χ0v) is 19.6. The van der Waals surface area contributed by atoms with Gasteiger partial charge in [0, 0.05) is 19.3 Å². The predicted octanol–water partition coefficient (Wildman–Crippen LogP) is 3.90. The summed E-state index contributed by atoms with van der Waals surface area (Å²) >= 11 is 0. The molecule has 1 fully saturated rings. The molecule has 4 rings (SSSR count). The number of rotatable bonds is 9. The second-order valence-corrected chi connectivity index (χ2v) is 8.21. The molecule has 0 unspecified atom stereocenters. The van der Waals surface area contributed by atoms with Gasteiger partial charge in [-0.3, -0.25) is 14.5 Å². The van der Waals surface area contributed by atoms with Gasteiger partial charge in [0.1, 0.15) is 5.82 Å². The number of hydrogen-bond donors (Lipinski definition) is 2. The summed E-state index contributed by atoms with van der Waals surface area (Å²) in [7, 11) is 1.53. The molecule has 0 aromatic heterocycles. The van der Waals surface area contributed by atoms with E-state index in [1.807, 2.05) is 30.3 Å². The van der Waals surface area contributed by atoms with Gasteiger partial charge in [-0.2, -0.15) is 0 Å². The van der Waals surface area contributed by atoms with Gasteiger partial charge in [-0.25, -0.2) is 9.18 Å². The van der Waals surface area contributed by atoms with Gasteiger partial charge in [0.2, 0.25) is 5.91 Å². The molecular formula is C27H26FN3O5. The van der Waals surface area contributed by atoms with E-state index in [-0.39, 0.29) is 24.6 Å². The molecule has 186 valence electrons. The van der Waals surface area contributed by atoms with E-state index in [1.165, 1.54) is 30.2 Å². The van der Waals surface area contributed by atoms with Crippen LogP contribution in [0, 0.1) is 5.82 Å². The van der Waals surface area contributed by atoms with E-state index in [2.05, 4.69) is 10.6 Å². The van der Waals surface area contributed by atoms with Crippen LogP contribution in [0.2, 0.25) is 0 Å². The van der Waals surface area contributed by atoms with Crippen LogP contribution in [-0.2, 0) is 20.8 Å². The lowest BCUT2D eigenvalue weighted by atomic mass is 10.00. The molecule has 8 nitrogen and oxygen atoms in total. The lowest BCUT2D eigenvalue weighted by molar-refractivity contribution is -0.126. The summed E-state index contributed by atoms with van der Waals surface area (Å²) in [4.78, 5) is 40.0. The normalized spacial score (nSPS) is 16.9. The van der Waals surface area contributed by atoms with Gasteiger partial charge in [-0.1, -0.05) is 54.6 Å². The predicted molar refractivity (Wildman–Crippen MR) is 131 cm³/mol. The minimum atomic E-state index is -0.952. The van der Waals surface area contributed by atoms with Crippen molar-refractivity contribution in [2.24, 2.45) is 0 Å². The highest BCUT2D eigenvalue weighted by atomic mass is 19.1. The second kappa shape index (κ2) is 11.5. The molecular weight excluding hydrogens is 465 g/mol. The number of anilines is 1. The molecule has 3 amide bonds. The van der Waals surface area contributed by atoms with Crippen molar-refractivity contribution in [3.63, 3.8) is 0 Å². The van der Waals surface area contributed by atoms with Crippen LogP contribution in [0.5, 0.6) is 0 Å². The third-order valence-electron chi connectivity index (χ3n) is 5.75. The molecule has 1 heterocycles. The number of carbonyl (C=O) groups is 3. The van der Waals surface area contributed by atoms with E-state index in [1.54, 1.807) is 30.3 Å². The van der Waals surface area contributed by atoms with Gasteiger partial charge in [0.25, 0.3) is 5.91 Å². The summed E-state index contributed by atoms with van der Waals surface area (Å²) in [5, 5.41) is 5.45. The number of hydrogen-bond acceptors (Lipinski definition) is 5. The summed E-state index contributed by atoms with van der Waals surface area (Å²) in [5.74, 6) is -1.65. The third-order valence-corrected chi connectivity index (χ3v) is 5.75. The van der Waals surface area contributed by atoms with Crippen molar-refractivity contribution in [2.45, 2.75) is 18.7 Å². The van der Waals surface area contributed by atoms with Crippen LogP contribution in [0.25, 0.3) is 0 Å². The molecule has 3 aromatic rings. The van der Waals surface area contributed by atoms with Crippen molar-refractivity contribution in [3.05, 3.63) is 101 Å². The van der Waals surface area contributed by atoms with Crippen molar-refractivity contribution in [3.8, 4) is 0 Å². The smallest absolute Gasteiger partial charge is 0.411 e. The Morgan fingerprint density at radius 1 is 1.03 bits per heavy atom. The fraction of sp³-hybridized carbons (Fsp3) is 0.222. The average molecular weight is 492 g/mol. The highest BCUT2D eigenvalue weighted by Crippen LogP contribution is 2.35. The van der Waals surface area contributed by atoms with Gasteiger partial charge >= 0.3 is 6.09 Å². The Hall–Kier alpha value is -4.24. The van der Waals surface area contributed by atoms with Crippen LogP contribution >= 0.6 is 0 Å². The summed E-state index contributed by atoms with van der Waals surface area (Å²) in [6.45, 7) is 0.765. The van der Waals surface area contributed by atoms with E-state index < -0.39 is 30.0 Å². The van der Waals surface area contributed by atoms with Crippen LogP contribution in [-0.4, -0.2) is 49.1 Å². The van der Waals surface area contributed by atoms with Crippen molar-refractivity contribution in [1.82, 2.24) is 10.2 Å². The maximum absolute atomic E-state index is 14.0. The highest BCUT2D eigenvalue weighted by molar-refractivity contribution is 6.04. The topological polar surface area (TPSA) is 97.0 Å². The highest BCUT2D eigenvalue weighted by Gasteiger charge is 2.47. The molecule has 0 radical (unpaired) electrons. The molecule has 2 atom stereocenters. The molecule has 0 aliphatic carbocycles. The Balaban J connectivity index is 1.59. The maximum Gasteiger partial charge on any atom is 0.411 e. The van der Waals surface area contributed by atoms with Gasteiger partial charge in [-0.15, -0.1) is 0 Å². The first kappa shape index (κ1) is 24.9. The van der Waals surface area contributed by atoms with E-state index in [9.17, 15) is 18.8 Å². The first-order valence-corrected chi connectivity index (χ1v) is 11.4. The van der Waals surface area contributed by atoms with Crippen LogP contribution < -0.4 is 10.6 Å². The number of cyclic esters (lactones) is 1. The Kier molecular flexibility index (Phi) is 7.92. The zero-order valence-electron chi connectivity index (χ0n) is 19.6. The van der Waals surface area contributed by atoms with Crippen molar-refractivity contribution < 1.29 is 28.2 Å². The summed E-state index contributed by atoms with van der Waals surface area (Å²) < 4.78 is 24.7. The lowest BCUT2D eigenvalue weighted by Gasteiger charge is -2.24. The Morgan fingerprint density at radius 2 is 1.78 bits per heavy atom. The summed E-state index contributed by atoms with van der Waals surface area (Å²) in [6, 6.07) is 20.6. The maximum atomic E-state index is 14.0. The number of amides is 3. The molecule has 2 N–H and O–H groups in total. The number of ether oxygens (including phenoxy) is 2. The van der Waals surface area contributed by atoms with Crippen molar-refractivity contribution in [1.29, 1.82) is 0 Å². The van der Waals surface area contributed by atoms with Crippen molar-refractivity contribution >= 4 is 23.6 Å². The third kappa shape index (κ3) is 5.69. The number of halogens is 1. The first-order valence-electron chi connectivity index (χ1n) is 11.4. The molecule has 1 aliphatic heterocycles. The molecule has 0 saturated carbocycles. The number of benzene rings is 3. The average Bonchev–Trinajstić information content (AvgIpc) is 3.21. The van der Waals surface area contributed by atoms with Crippen LogP contribution in [0.3, 0.4) is 0 Å². The van der Waals surface area contributed by atoms with Crippen LogP contribution in [0.1, 0.15) is 27.6 Å². The van der Waals surface area contributed by atoms with E-state index >= 15 is 0 Å². The SMILES string of the molecule is COCCNC(=O)[C@H]1[C@@H](c2cccc(NC(=O)c3ccccc3F)c2)OC(=O)N1Cc1ccccc1. The molecule has 1 aliphatic rings. The monoisotopic (exact) mass is 491 g/mol. The standard InChI is InChI=1S/C27H26FN3O5/c1-35-15-14-29-26(33)23-24(36-27(34)31(23)17-18-8-3-2-4-9-18)19-10-7-11-20(16-19)30-25(32)21-12-5-6-13-22(21)28/h2-13,16,23-24H,14-15,17H2,1H3,(H,29,33)(H,30,32)/t23-,24-/m1/s1. The Morgan fingerprint density at radius 3 is 2.53 bits per heavy atom. The van der Waals surface area contributed by atoms with Gasteiger partial charge in [0.05, 0.1) is 18.7 Å². The quantitative estimate of drug-likeness (QED) is 0.443. The Labute approximate surface area is 208 Å². The Bertz CT molecular complexity index is 1240. The first-order chi connectivity index (χ1) is 17.5. The van der Waals surface area contributed by atoms with Gasteiger partial charge < -0.3 is 20.1 Å². The summed E-state index contributed by atoms with van der Waals surface area (Å²) in [6.07, 6.45) is -1.55. The number of nitrogens with one attached hydrogen (secondary N) is 2. The second-order valence-electron chi connectivity index (χ2n) is 8.21. The molecule has 0 spiro atoms. The molecule has 1 saturated heterocycles. The van der Waals surface area contributed by atoms with Gasteiger partial charge in [-0.05, 0) is 35.4 Å². The minimum Gasteiger partial charge on any atom is -0.438 e. The molecule has 36 heavy (non-hydrogen) atoms. The van der Waals surface area contributed by atoms with E-state index in [4.69, 9.17) is 9.47 Å². The molecule has 3 aromatic carbocycles. The number of carbonyl (C=O) groups excluding carboxylic acids is 3. The fourth-order valence-corrected chi connectivity index (χ4v) is 4.01. The lowest BCUT2D eigenvalue weighted by Crippen LogP contribution is -2.47. The van der Waals surface area contributed by atoms with Crippen molar-refractivity contribution in [2.75, 3.05) is 25.6 Å². The largest absolute Gasteiger partial charge is 0.438 e. The van der Waals surface area contributed by atoms with Crippen LogP contribution in [0.15, 0.2) is 78.9 Å². The molecule has 9 heteroatoms. The van der Waals surface area contributed by atoms with E-state index in [0.29, 0.717) is 17.9 Å². The number of nitrogens with zero attached hydrogens (tertiary/aromatic N) is 1. The summed E-state index contributed by atoms with van der Waals surface area (Å²) in [5.41, 5.74) is 1.63. The van der Waals surface area contributed by atoms with E-state index in [0.717, 1.165) is 5.56 Å². The minimum absolute atomic E-state index is 0.0976. The number of methoxy groups -OCH3 is 1. The van der Waals surface area contributed by atoms with Crippen LogP contribution in [0.4, 0.5) is 14.9 Å². The molecule has 0 bridgehead atoms.